The molecule has 0 aromatic heterocycles. The Balaban J connectivity index is 1.99. The number of methoxy groups -OCH3 is 1. The third-order valence-corrected chi connectivity index (χ3v) is 3.90. The highest BCUT2D eigenvalue weighted by Gasteiger charge is 2.17. The lowest BCUT2D eigenvalue weighted by Crippen LogP contribution is -2.30. The van der Waals surface area contributed by atoms with Crippen molar-refractivity contribution in [1.29, 1.82) is 0 Å². The van der Waals surface area contributed by atoms with E-state index in [4.69, 9.17) is 15.2 Å². The summed E-state index contributed by atoms with van der Waals surface area (Å²) >= 11 is 0. The van der Waals surface area contributed by atoms with Crippen LogP contribution in [0.1, 0.15) is 33.3 Å². The zero-order chi connectivity index (χ0) is 18.6. The average molecular weight is 342 g/mol. The highest BCUT2D eigenvalue weighted by atomic mass is 16.5. The molecule has 2 rings (SSSR count). The molecule has 0 aliphatic rings. The highest BCUT2D eigenvalue weighted by molar-refractivity contribution is 5.94. The first kappa shape index (κ1) is 18.6. The van der Waals surface area contributed by atoms with Crippen molar-refractivity contribution in [2.24, 2.45) is 0 Å². The number of amides is 1. The summed E-state index contributed by atoms with van der Waals surface area (Å²) in [5.41, 5.74) is 8.21. The molecule has 0 radical (unpaired) electrons. The number of carbonyl (C=O) groups excluding carboxylic acids is 1. The fourth-order valence-corrected chi connectivity index (χ4v) is 2.35. The van der Waals surface area contributed by atoms with Gasteiger partial charge in [0.05, 0.1) is 12.8 Å². The van der Waals surface area contributed by atoms with E-state index in [1.165, 1.54) is 5.56 Å². The van der Waals surface area contributed by atoms with E-state index in [2.05, 4.69) is 26.1 Å². The predicted molar refractivity (Wildman–Crippen MR) is 101 cm³/mol. The molecule has 1 atom stereocenters. The molecule has 25 heavy (non-hydrogen) atoms. The summed E-state index contributed by atoms with van der Waals surface area (Å²) in [6.45, 7) is 8.17. The molecule has 0 saturated carbocycles. The maximum Gasteiger partial charge on any atom is 0.265 e. The van der Waals surface area contributed by atoms with Crippen LogP contribution in [0.4, 0.5) is 11.4 Å². The SMILES string of the molecule is COc1ccc(NC(=O)C(C)Oc2ccc(C(C)(C)C)cc2)cc1N. The molecule has 2 aromatic carbocycles. The Labute approximate surface area is 149 Å². The number of carbonyl (C=O) groups is 1. The highest BCUT2D eigenvalue weighted by Crippen LogP contribution is 2.26. The minimum atomic E-state index is -0.635. The van der Waals surface area contributed by atoms with Crippen LogP contribution < -0.4 is 20.5 Å². The number of nitrogens with one attached hydrogen (secondary N) is 1. The molecule has 0 heterocycles. The normalized spacial score (nSPS) is 12.4. The molecule has 0 aliphatic carbocycles. The van der Waals surface area contributed by atoms with E-state index in [9.17, 15) is 4.79 Å². The van der Waals surface area contributed by atoms with E-state index in [0.29, 0.717) is 22.9 Å². The molecule has 1 unspecified atom stereocenters. The number of hydrogen-bond acceptors (Lipinski definition) is 4. The van der Waals surface area contributed by atoms with Crippen molar-refractivity contribution in [2.75, 3.05) is 18.2 Å². The number of nitrogens with two attached hydrogens (primary N) is 1. The first-order valence-electron chi connectivity index (χ1n) is 8.22. The van der Waals surface area contributed by atoms with Crippen molar-refractivity contribution in [3.63, 3.8) is 0 Å². The van der Waals surface area contributed by atoms with Crippen LogP contribution in [0.2, 0.25) is 0 Å². The van der Waals surface area contributed by atoms with Crippen LogP contribution in [-0.4, -0.2) is 19.1 Å². The van der Waals surface area contributed by atoms with Crippen molar-refractivity contribution >= 4 is 17.3 Å². The van der Waals surface area contributed by atoms with Gasteiger partial charge in [-0.25, -0.2) is 0 Å². The van der Waals surface area contributed by atoms with Gasteiger partial charge >= 0.3 is 0 Å². The summed E-state index contributed by atoms with van der Waals surface area (Å²) in [6, 6.07) is 12.9. The van der Waals surface area contributed by atoms with Crippen molar-refractivity contribution < 1.29 is 14.3 Å². The minimum absolute atomic E-state index is 0.0792. The molecule has 2 aromatic rings. The van der Waals surface area contributed by atoms with Gasteiger partial charge in [0.1, 0.15) is 11.5 Å². The van der Waals surface area contributed by atoms with Gasteiger partial charge in [0.25, 0.3) is 5.91 Å². The van der Waals surface area contributed by atoms with Crippen LogP contribution in [-0.2, 0) is 10.2 Å². The molecule has 0 fully saturated rings. The van der Waals surface area contributed by atoms with Crippen LogP contribution in [0.25, 0.3) is 0 Å². The van der Waals surface area contributed by atoms with Gasteiger partial charge in [0.2, 0.25) is 0 Å². The van der Waals surface area contributed by atoms with Crippen molar-refractivity contribution in [2.45, 2.75) is 39.2 Å². The lowest BCUT2D eigenvalue weighted by atomic mass is 9.87. The maximum atomic E-state index is 12.3. The standard InChI is InChI=1S/C20H26N2O3/c1-13(25-16-9-6-14(7-10-16)20(2,3)4)19(23)22-15-8-11-18(24-5)17(21)12-15/h6-13H,21H2,1-5H3,(H,22,23). The van der Waals surface area contributed by atoms with Gasteiger partial charge in [-0.1, -0.05) is 32.9 Å². The summed E-state index contributed by atoms with van der Waals surface area (Å²) in [5.74, 6) is 0.982. The fourth-order valence-electron chi connectivity index (χ4n) is 2.35. The number of ether oxygens (including phenoxy) is 2. The lowest BCUT2D eigenvalue weighted by Gasteiger charge is -2.20. The second-order valence-corrected chi connectivity index (χ2v) is 6.98. The fraction of sp³-hybridized carbons (Fsp3) is 0.350. The molecule has 0 spiro atoms. The molecule has 134 valence electrons. The first-order valence-corrected chi connectivity index (χ1v) is 8.22. The first-order chi connectivity index (χ1) is 11.7. The van der Waals surface area contributed by atoms with Gasteiger partial charge in [-0.2, -0.15) is 0 Å². The third-order valence-electron chi connectivity index (χ3n) is 3.90. The monoisotopic (exact) mass is 342 g/mol. The van der Waals surface area contributed by atoms with Crippen LogP contribution in [0.5, 0.6) is 11.5 Å². The van der Waals surface area contributed by atoms with Crippen LogP contribution >= 0.6 is 0 Å². The Hall–Kier alpha value is -2.69. The second-order valence-electron chi connectivity index (χ2n) is 6.98. The third kappa shape index (κ3) is 4.89. The molecular weight excluding hydrogens is 316 g/mol. The van der Waals surface area contributed by atoms with Crippen LogP contribution in [0, 0.1) is 0 Å². The Morgan fingerprint density at radius 1 is 1.12 bits per heavy atom. The van der Waals surface area contributed by atoms with E-state index in [-0.39, 0.29) is 11.3 Å². The van der Waals surface area contributed by atoms with E-state index in [0.717, 1.165) is 0 Å². The van der Waals surface area contributed by atoms with Gasteiger partial charge in [-0.05, 0) is 48.2 Å². The van der Waals surface area contributed by atoms with Crippen molar-refractivity contribution in [3.05, 3.63) is 48.0 Å². The summed E-state index contributed by atoms with van der Waals surface area (Å²) in [5, 5.41) is 2.79. The largest absolute Gasteiger partial charge is 0.495 e. The number of anilines is 2. The Morgan fingerprint density at radius 2 is 1.76 bits per heavy atom. The quantitative estimate of drug-likeness (QED) is 0.806. The van der Waals surface area contributed by atoms with E-state index < -0.39 is 6.10 Å². The lowest BCUT2D eigenvalue weighted by molar-refractivity contribution is -0.122. The minimum Gasteiger partial charge on any atom is -0.495 e. The molecule has 3 N–H and O–H groups in total. The molecule has 0 aliphatic heterocycles. The van der Waals surface area contributed by atoms with Crippen LogP contribution in [0.3, 0.4) is 0 Å². The summed E-state index contributed by atoms with van der Waals surface area (Å²) in [7, 11) is 1.55. The topological polar surface area (TPSA) is 73.6 Å². The zero-order valence-corrected chi connectivity index (χ0v) is 15.4. The van der Waals surface area contributed by atoms with Crippen LogP contribution in [0.15, 0.2) is 42.5 Å². The van der Waals surface area contributed by atoms with Gasteiger partial charge in [0, 0.05) is 5.69 Å². The molecule has 0 bridgehead atoms. The van der Waals surface area contributed by atoms with Crippen molar-refractivity contribution in [3.8, 4) is 11.5 Å². The van der Waals surface area contributed by atoms with Gasteiger partial charge in [-0.3, -0.25) is 4.79 Å². The summed E-state index contributed by atoms with van der Waals surface area (Å²) in [6.07, 6.45) is -0.635. The molecular formula is C20H26N2O3. The maximum absolute atomic E-state index is 12.3. The zero-order valence-electron chi connectivity index (χ0n) is 15.4. The number of nitrogen functional groups attached to an aromatic ring is 1. The van der Waals surface area contributed by atoms with E-state index in [1.54, 1.807) is 32.2 Å². The number of benzene rings is 2. The van der Waals surface area contributed by atoms with Gasteiger partial charge < -0.3 is 20.5 Å². The smallest absolute Gasteiger partial charge is 0.265 e. The predicted octanol–water partition coefficient (Wildman–Crippen LogP) is 3.98. The van der Waals surface area contributed by atoms with Gasteiger partial charge in [0.15, 0.2) is 6.10 Å². The second kappa shape index (κ2) is 7.47. The van der Waals surface area contributed by atoms with E-state index in [1.807, 2.05) is 24.3 Å². The average Bonchev–Trinajstić information content (AvgIpc) is 2.54. The Morgan fingerprint density at radius 3 is 2.28 bits per heavy atom. The molecule has 0 saturated heterocycles. The number of rotatable bonds is 5. The molecule has 5 heteroatoms. The molecule has 1 amide bonds. The summed E-state index contributed by atoms with van der Waals surface area (Å²) < 4.78 is 10.8. The van der Waals surface area contributed by atoms with E-state index >= 15 is 0 Å². The Bertz CT molecular complexity index is 734. The molecule has 5 nitrogen and oxygen atoms in total. The summed E-state index contributed by atoms with van der Waals surface area (Å²) in [4.78, 5) is 12.3. The van der Waals surface area contributed by atoms with Crippen molar-refractivity contribution in [1.82, 2.24) is 0 Å². The van der Waals surface area contributed by atoms with Gasteiger partial charge in [-0.15, -0.1) is 0 Å². The number of hydrogen-bond donors (Lipinski definition) is 2. The Kier molecular flexibility index (Phi) is 5.57.